The third-order valence-electron chi connectivity index (χ3n) is 4.54. The minimum Gasteiger partial charge on any atom is -0.373 e. The maximum Gasteiger partial charge on any atom is 0.0753 e. The van der Waals surface area contributed by atoms with Crippen molar-refractivity contribution in [1.29, 1.82) is 0 Å². The number of piperidine rings is 1. The minimum absolute atomic E-state index is 0.0269. The van der Waals surface area contributed by atoms with Crippen molar-refractivity contribution in [3.05, 3.63) is 0 Å². The fourth-order valence-electron chi connectivity index (χ4n) is 3.47. The lowest BCUT2D eigenvalue weighted by atomic mass is 9.74. The van der Waals surface area contributed by atoms with Crippen molar-refractivity contribution >= 4 is 0 Å². The molecule has 0 saturated carbocycles. The molecule has 18 heavy (non-hydrogen) atoms. The average molecular weight is 254 g/mol. The van der Waals surface area contributed by atoms with E-state index in [4.69, 9.17) is 4.74 Å². The Kier molecular flexibility index (Phi) is 4.35. The van der Waals surface area contributed by atoms with Crippen LogP contribution in [0.2, 0.25) is 0 Å². The van der Waals surface area contributed by atoms with E-state index in [1.807, 2.05) is 0 Å². The summed E-state index contributed by atoms with van der Waals surface area (Å²) in [5.74, 6) is 0.817. The Bertz CT molecular complexity index is 270. The largest absolute Gasteiger partial charge is 0.373 e. The van der Waals surface area contributed by atoms with Gasteiger partial charge in [-0.3, -0.25) is 4.90 Å². The molecule has 0 aromatic carbocycles. The molecule has 0 radical (unpaired) electrons. The van der Waals surface area contributed by atoms with Gasteiger partial charge < -0.3 is 10.1 Å². The van der Waals surface area contributed by atoms with Gasteiger partial charge in [0.15, 0.2) is 0 Å². The van der Waals surface area contributed by atoms with Crippen LogP contribution in [0.25, 0.3) is 0 Å². The quantitative estimate of drug-likeness (QED) is 0.835. The number of ether oxygens (including phenoxy) is 1. The highest BCUT2D eigenvalue weighted by atomic mass is 16.5. The van der Waals surface area contributed by atoms with Crippen molar-refractivity contribution in [2.24, 2.45) is 11.3 Å². The first kappa shape index (κ1) is 14.3. The van der Waals surface area contributed by atoms with Crippen LogP contribution in [0, 0.1) is 11.3 Å². The number of rotatable bonds is 3. The lowest BCUT2D eigenvalue weighted by Gasteiger charge is -2.45. The molecular formula is C15H30N2O. The van der Waals surface area contributed by atoms with Gasteiger partial charge in [0.25, 0.3) is 0 Å². The normalized spacial score (nSPS) is 30.3. The molecule has 2 rings (SSSR count). The first-order chi connectivity index (χ1) is 8.39. The van der Waals surface area contributed by atoms with Gasteiger partial charge in [0, 0.05) is 19.6 Å². The third-order valence-corrected chi connectivity index (χ3v) is 4.54. The Labute approximate surface area is 112 Å². The predicted octanol–water partition coefficient (Wildman–Crippen LogP) is 2.12. The standard InChI is InChI=1S/C15H30N2O/c1-14(2,13-6-5-7-16-10-13)11-17-8-9-18-15(3,4)12-17/h13,16H,5-12H2,1-4H3. The first-order valence-electron chi connectivity index (χ1n) is 7.46. The monoisotopic (exact) mass is 254 g/mol. The van der Waals surface area contributed by atoms with Crippen molar-refractivity contribution in [3.8, 4) is 0 Å². The average Bonchev–Trinajstić information content (AvgIpc) is 2.28. The molecule has 2 aliphatic rings. The van der Waals surface area contributed by atoms with Gasteiger partial charge in [-0.1, -0.05) is 13.8 Å². The molecule has 2 aliphatic heterocycles. The van der Waals surface area contributed by atoms with E-state index in [0.29, 0.717) is 5.41 Å². The molecule has 1 atom stereocenters. The number of hydrogen-bond donors (Lipinski definition) is 1. The molecule has 106 valence electrons. The number of hydrogen-bond acceptors (Lipinski definition) is 3. The zero-order chi connectivity index (χ0) is 13.2. The van der Waals surface area contributed by atoms with Crippen LogP contribution in [-0.2, 0) is 4.74 Å². The van der Waals surface area contributed by atoms with Crippen LogP contribution in [0.3, 0.4) is 0 Å². The van der Waals surface area contributed by atoms with Crippen molar-refractivity contribution in [2.45, 2.75) is 46.1 Å². The Morgan fingerprint density at radius 1 is 1.39 bits per heavy atom. The highest BCUT2D eigenvalue weighted by Gasteiger charge is 2.35. The molecular weight excluding hydrogens is 224 g/mol. The maximum absolute atomic E-state index is 5.80. The summed E-state index contributed by atoms with van der Waals surface area (Å²) < 4.78 is 5.80. The number of morpholine rings is 1. The summed E-state index contributed by atoms with van der Waals surface area (Å²) in [6.45, 7) is 15.9. The van der Waals surface area contributed by atoms with E-state index < -0.39 is 0 Å². The van der Waals surface area contributed by atoms with Crippen molar-refractivity contribution < 1.29 is 4.74 Å². The van der Waals surface area contributed by atoms with Crippen LogP contribution < -0.4 is 5.32 Å². The fraction of sp³-hybridized carbons (Fsp3) is 1.00. The van der Waals surface area contributed by atoms with Gasteiger partial charge in [0.05, 0.1) is 12.2 Å². The second kappa shape index (κ2) is 5.48. The lowest BCUT2D eigenvalue weighted by Crippen LogP contribution is -2.53. The van der Waals surface area contributed by atoms with E-state index in [9.17, 15) is 0 Å². The number of nitrogens with zero attached hydrogens (tertiary/aromatic N) is 1. The van der Waals surface area contributed by atoms with Crippen molar-refractivity contribution in [2.75, 3.05) is 39.3 Å². The minimum atomic E-state index is 0.0269. The van der Waals surface area contributed by atoms with Crippen LogP contribution >= 0.6 is 0 Å². The summed E-state index contributed by atoms with van der Waals surface area (Å²) in [6.07, 6.45) is 2.72. The fourth-order valence-corrected chi connectivity index (χ4v) is 3.47. The molecule has 2 saturated heterocycles. The topological polar surface area (TPSA) is 24.5 Å². The zero-order valence-electron chi connectivity index (χ0n) is 12.6. The van der Waals surface area contributed by atoms with E-state index in [2.05, 4.69) is 37.9 Å². The summed E-state index contributed by atoms with van der Waals surface area (Å²) in [7, 11) is 0. The molecule has 3 nitrogen and oxygen atoms in total. The molecule has 0 bridgehead atoms. The third kappa shape index (κ3) is 3.69. The van der Waals surface area contributed by atoms with E-state index in [-0.39, 0.29) is 5.60 Å². The molecule has 0 spiro atoms. The van der Waals surface area contributed by atoms with Gasteiger partial charge in [-0.15, -0.1) is 0 Å². The highest BCUT2D eigenvalue weighted by molar-refractivity contribution is 4.88. The maximum atomic E-state index is 5.80. The van der Waals surface area contributed by atoms with Crippen molar-refractivity contribution in [1.82, 2.24) is 10.2 Å². The van der Waals surface area contributed by atoms with Crippen LogP contribution in [0.5, 0.6) is 0 Å². The van der Waals surface area contributed by atoms with Gasteiger partial charge in [-0.2, -0.15) is 0 Å². The van der Waals surface area contributed by atoms with Gasteiger partial charge in [-0.05, 0) is 51.1 Å². The molecule has 3 heteroatoms. The summed E-state index contributed by atoms with van der Waals surface area (Å²) in [4.78, 5) is 2.60. The lowest BCUT2D eigenvalue weighted by molar-refractivity contribution is -0.0961. The SMILES string of the molecule is CC1(C)CN(CC(C)(C)C2CCCNC2)CCO1. The van der Waals surface area contributed by atoms with E-state index in [1.165, 1.54) is 32.5 Å². The highest BCUT2D eigenvalue weighted by Crippen LogP contribution is 2.33. The van der Waals surface area contributed by atoms with E-state index in [1.54, 1.807) is 0 Å². The number of nitrogens with one attached hydrogen (secondary N) is 1. The van der Waals surface area contributed by atoms with E-state index in [0.717, 1.165) is 25.6 Å². The Balaban J connectivity index is 1.90. The van der Waals surface area contributed by atoms with Gasteiger partial charge in [0.1, 0.15) is 0 Å². The van der Waals surface area contributed by atoms with Crippen LogP contribution in [0.1, 0.15) is 40.5 Å². The molecule has 0 amide bonds. The summed E-state index contributed by atoms with van der Waals surface area (Å²) in [5.41, 5.74) is 0.431. The van der Waals surface area contributed by atoms with Gasteiger partial charge in [-0.25, -0.2) is 0 Å². The van der Waals surface area contributed by atoms with Crippen LogP contribution in [0.15, 0.2) is 0 Å². The van der Waals surface area contributed by atoms with Crippen LogP contribution in [0.4, 0.5) is 0 Å². The molecule has 2 heterocycles. The smallest absolute Gasteiger partial charge is 0.0753 e. The Morgan fingerprint density at radius 3 is 2.78 bits per heavy atom. The van der Waals surface area contributed by atoms with Crippen LogP contribution in [-0.4, -0.2) is 49.8 Å². The molecule has 0 aliphatic carbocycles. The molecule has 2 fully saturated rings. The summed E-state index contributed by atoms with van der Waals surface area (Å²) in [6, 6.07) is 0. The Hall–Kier alpha value is -0.120. The van der Waals surface area contributed by atoms with Gasteiger partial charge in [0.2, 0.25) is 0 Å². The second-order valence-electron chi connectivity index (χ2n) is 7.35. The Morgan fingerprint density at radius 2 is 2.17 bits per heavy atom. The molecule has 0 aromatic rings. The summed E-state index contributed by atoms with van der Waals surface area (Å²) >= 11 is 0. The summed E-state index contributed by atoms with van der Waals surface area (Å²) in [5, 5.41) is 3.55. The van der Waals surface area contributed by atoms with Crippen molar-refractivity contribution in [3.63, 3.8) is 0 Å². The second-order valence-corrected chi connectivity index (χ2v) is 7.35. The van der Waals surface area contributed by atoms with Gasteiger partial charge >= 0.3 is 0 Å². The zero-order valence-corrected chi connectivity index (χ0v) is 12.6. The molecule has 0 aromatic heterocycles. The van der Waals surface area contributed by atoms with E-state index >= 15 is 0 Å². The predicted molar refractivity (Wildman–Crippen MR) is 75.8 cm³/mol. The first-order valence-corrected chi connectivity index (χ1v) is 7.46. The molecule has 1 N–H and O–H groups in total. The molecule has 1 unspecified atom stereocenters.